The Kier molecular flexibility index (Phi) is 10.2. The van der Waals surface area contributed by atoms with E-state index >= 15 is 0 Å². The Morgan fingerprint density at radius 3 is 2.14 bits per heavy atom. The van der Waals surface area contributed by atoms with Crippen molar-refractivity contribution in [2.45, 2.75) is 0 Å². The van der Waals surface area contributed by atoms with Gasteiger partial charge < -0.3 is 18.3 Å². The summed E-state index contributed by atoms with van der Waals surface area (Å²) in [5.41, 5.74) is 0.220. The SMILES string of the molecule is F[C-](F)F.O=C(O)c1cccnc1.[Na+]. The van der Waals surface area contributed by atoms with Crippen molar-refractivity contribution < 1.29 is 52.6 Å². The third kappa shape index (κ3) is 9.50. The van der Waals surface area contributed by atoms with E-state index in [4.69, 9.17) is 5.11 Å². The van der Waals surface area contributed by atoms with E-state index in [-0.39, 0.29) is 35.1 Å². The fourth-order valence-corrected chi connectivity index (χ4v) is 0.489. The maximum absolute atomic E-state index is 10.2. The predicted molar refractivity (Wildman–Crippen MR) is 37.8 cm³/mol. The zero-order valence-electron chi connectivity index (χ0n) is 7.25. The standard InChI is InChI=1S/C6H5NO2.CF3.Na/c8-6(9)5-2-1-3-7-4-5;2-1(3)4;/h1-4H,(H,8,9);;/q;-1;+1. The molecule has 3 nitrogen and oxygen atoms in total. The zero-order chi connectivity index (χ0) is 10.3. The molecule has 0 radical (unpaired) electrons. The summed E-state index contributed by atoms with van der Waals surface area (Å²) >= 11 is 0. The van der Waals surface area contributed by atoms with Crippen molar-refractivity contribution in [3.05, 3.63) is 36.8 Å². The van der Waals surface area contributed by atoms with E-state index in [1.165, 1.54) is 18.5 Å². The van der Waals surface area contributed by atoms with E-state index in [0.29, 0.717) is 0 Å². The monoisotopic (exact) mass is 215 g/mol. The molecule has 0 saturated heterocycles. The first kappa shape index (κ1) is 15.9. The topological polar surface area (TPSA) is 50.2 Å². The van der Waals surface area contributed by atoms with Gasteiger partial charge in [0.1, 0.15) is 0 Å². The molecule has 0 amide bonds. The minimum absolute atomic E-state index is 0. The van der Waals surface area contributed by atoms with Crippen molar-refractivity contribution in [2.24, 2.45) is 0 Å². The van der Waals surface area contributed by atoms with Crippen LogP contribution in [-0.4, -0.2) is 16.1 Å². The predicted octanol–water partition coefficient (Wildman–Crippen LogP) is -0.874. The Morgan fingerprint density at radius 2 is 1.93 bits per heavy atom. The van der Waals surface area contributed by atoms with Gasteiger partial charge in [-0.15, -0.1) is 0 Å². The fraction of sp³-hybridized carbons (Fsp3) is 0. The van der Waals surface area contributed by atoms with E-state index in [1.807, 2.05) is 0 Å². The van der Waals surface area contributed by atoms with Crippen LogP contribution in [-0.2, 0) is 0 Å². The smallest absolute Gasteiger partial charge is 0.478 e. The van der Waals surface area contributed by atoms with Gasteiger partial charge in [0.05, 0.1) is 5.56 Å². The number of aromatic carboxylic acids is 1. The molecular formula is C7H5F3NNaO2. The summed E-state index contributed by atoms with van der Waals surface area (Å²) in [4.78, 5) is 13.8. The first-order valence-corrected chi connectivity index (χ1v) is 3.01. The first-order valence-electron chi connectivity index (χ1n) is 3.01. The van der Waals surface area contributed by atoms with Gasteiger partial charge in [-0.3, -0.25) is 4.98 Å². The minimum Gasteiger partial charge on any atom is -0.478 e. The molecule has 1 aromatic heterocycles. The van der Waals surface area contributed by atoms with E-state index in [9.17, 15) is 18.0 Å². The van der Waals surface area contributed by atoms with Crippen LogP contribution in [0.1, 0.15) is 10.4 Å². The van der Waals surface area contributed by atoms with Crippen LogP contribution in [0.25, 0.3) is 0 Å². The van der Waals surface area contributed by atoms with Gasteiger partial charge in [-0.1, -0.05) is 0 Å². The average Bonchev–Trinajstić information content (AvgIpc) is 2.05. The summed E-state index contributed by atoms with van der Waals surface area (Å²) in [6.45, 7) is -3.08. The number of carbonyl (C=O) groups is 1. The molecule has 14 heavy (non-hydrogen) atoms. The van der Waals surface area contributed by atoms with Crippen LogP contribution in [0.2, 0.25) is 0 Å². The summed E-state index contributed by atoms with van der Waals surface area (Å²) in [6.07, 6.45) is 2.84. The van der Waals surface area contributed by atoms with E-state index in [1.54, 1.807) is 6.07 Å². The van der Waals surface area contributed by atoms with Crippen LogP contribution in [0.4, 0.5) is 13.2 Å². The molecule has 0 unspecified atom stereocenters. The second kappa shape index (κ2) is 8.98. The third-order valence-corrected chi connectivity index (χ3v) is 0.908. The molecule has 0 bridgehead atoms. The van der Waals surface area contributed by atoms with Crippen molar-refractivity contribution in [3.8, 4) is 0 Å². The van der Waals surface area contributed by atoms with Gasteiger partial charge in [-0.2, -0.15) is 0 Å². The second-order valence-electron chi connectivity index (χ2n) is 1.76. The molecule has 0 fully saturated rings. The van der Waals surface area contributed by atoms with Gasteiger partial charge in [0.25, 0.3) is 0 Å². The number of hydrogen-bond acceptors (Lipinski definition) is 2. The van der Waals surface area contributed by atoms with E-state index < -0.39 is 12.6 Å². The molecule has 0 spiro atoms. The van der Waals surface area contributed by atoms with Crippen LogP contribution < -0.4 is 29.6 Å². The van der Waals surface area contributed by atoms with Crippen molar-refractivity contribution in [1.29, 1.82) is 0 Å². The molecular weight excluding hydrogens is 210 g/mol. The summed E-state index contributed by atoms with van der Waals surface area (Å²) < 4.78 is 28.8. The number of aromatic nitrogens is 1. The summed E-state index contributed by atoms with van der Waals surface area (Å²) in [5, 5.41) is 8.34. The number of carboxylic acid groups (broad SMARTS) is 1. The Balaban J connectivity index is 0. The largest absolute Gasteiger partial charge is 1.00 e. The van der Waals surface area contributed by atoms with Gasteiger partial charge in [0, 0.05) is 12.4 Å². The van der Waals surface area contributed by atoms with Crippen molar-refractivity contribution in [2.75, 3.05) is 0 Å². The normalized spacial score (nSPS) is 8.29. The Hall–Kier alpha value is -0.590. The Bertz CT molecular complexity index is 256. The molecule has 0 atom stereocenters. The first-order chi connectivity index (χ1) is 6.04. The van der Waals surface area contributed by atoms with Crippen LogP contribution in [0.15, 0.2) is 24.5 Å². The van der Waals surface area contributed by atoms with Gasteiger partial charge >= 0.3 is 35.5 Å². The molecule has 0 aromatic carbocycles. The summed E-state index contributed by atoms with van der Waals surface area (Å²) in [7, 11) is 0. The number of rotatable bonds is 1. The molecule has 0 saturated carbocycles. The molecule has 1 heterocycles. The summed E-state index contributed by atoms with van der Waals surface area (Å²) in [6, 6.07) is 3.08. The van der Waals surface area contributed by atoms with E-state index in [2.05, 4.69) is 4.98 Å². The number of pyridine rings is 1. The maximum atomic E-state index is 10.2. The molecule has 0 aliphatic carbocycles. The molecule has 0 aliphatic heterocycles. The van der Waals surface area contributed by atoms with Crippen LogP contribution in [0.5, 0.6) is 0 Å². The third-order valence-electron chi connectivity index (χ3n) is 0.908. The van der Waals surface area contributed by atoms with E-state index in [0.717, 1.165) is 0 Å². The molecule has 1 aromatic rings. The van der Waals surface area contributed by atoms with Crippen molar-refractivity contribution in [3.63, 3.8) is 0 Å². The van der Waals surface area contributed by atoms with Crippen LogP contribution in [0.3, 0.4) is 0 Å². The van der Waals surface area contributed by atoms with Gasteiger partial charge in [0.15, 0.2) is 6.68 Å². The molecule has 72 valence electrons. The van der Waals surface area contributed by atoms with Gasteiger partial charge in [-0.05, 0) is 12.1 Å². The van der Waals surface area contributed by atoms with Crippen LogP contribution >= 0.6 is 0 Å². The maximum Gasteiger partial charge on any atom is 1.00 e. The molecule has 7 heteroatoms. The van der Waals surface area contributed by atoms with Gasteiger partial charge in [-0.25, -0.2) is 4.79 Å². The number of halogens is 3. The van der Waals surface area contributed by atoms with Crippen LogP contribution in [0, 0.1) is 6.68 Å². The fourth-order valence-electron chi connectivity index (χ4n) is 0.489. The zero-order valence-corrected chi connectivity index (χ0v) is 9.25. The molecule has 1 rings (SSSR count). The number of carboxylic acids is 1. The minimum atomic E-state index is -3.08. The second-order valence-corrected chi connectivity index (χ2v) is 1.76. The molecule has 1 N–H and O–H groups in total. The quantitative estimate of drug-likeness (QED) is 0.489. The number of nitrogens with zero attached hydrogens (tertiary/aromatic N) is 1. The van der Waals surface area contributed by atoms with Crippen molar-refractivity contribution in [1.82, 2.24) is 4.98 Å². The number of hydrogen-bond donors (Lipinski definition) is 1. The Labute approximate surface area is 100 Å². The van der Waals surface area contributed by atoms with Gasteiger partial charge in [0.2, 0.25) is 0 Å². The Morgan fingerprint density at radius 1 is 1.43 bits per heavy atom. The summed E-state index contributed by atoms with van der Waals surface area (Å²) in [5.74, 6) is -0.942. The molecule has 0 aliphatic rings. The van der Waals surface area contributed by atoms with Crippen molar-refractivity contribution >= 4 is 5.97 Å². The average molecular weight is 215 g/mol.